The van der Waals surface area contributed by atoms with Gasteiger partial charge in [-0.2, -0.15) is 0 Å². The van der Waals surface area contributed by atoms with E-state index >= 15 is 0 Å². The molecule has 1 aliphatic heterocycles. The molecule has 0 aliphatic carbocycles. The maximum atomic E-state index is 5.83. The molecule has 1 aromatic rings. The monoisotopic (exact) mass is 311 g/mol. The molecular formula is C15H22BrNO. The SMILES string of the molecule is CCCC(C)C(NC)c1cc(Br)cc2c1OCC2. The van der Waals surface area contributed by atoms with Crippen molar-refractivity contribution in [3.05, 3.63) is 27.7 Å². The fraction of sp³-hybridized carbons (Fsp3) is 0.600. The molecule has 18 heavy (non-hydrogen) atoms. The third-order valence-electron chi connectivity index (χ3n) is 3.74. The largest absolute Gasteiger partial charge is 0.493 e. The highest BCUT2D eigenvalue weighted by molar-refractivity contribution is 9.10. The summed E-state index contributed by atoms with van der Waals surface area (Å²) in [6, 6.07) is 4.76. The van der Waals surface area contributed by atoms with E-state index in [1.807, 2.05) is 7.05 Å². The van der Waals surface area contributed by atoms with Crippen molar-refractivity contribution in [3.8, 4) is 5.75 Å². The summed E-state index contributed by atoms with van der Waals surface area (Å²) in [7, 11) is 2.04. The molecule has 0 saturated carbocycles. The third-order valence-corrected chi connectivity index (χ3v) is 4.19. The molecule has 2 unspecified atom stereocenters. The van der Waals surface area contributed by atoms with Gasteiger partial charge < -0.3 is 10.1 Å². The van der Waals surface area contributed by atoms with E-state index in [4.69, 9.17) is 4.74 Å². The van der Waals surface area contributed by atoms with Gasteiger partial charge in [0.05, 0.1) is 6.61 Å². The maximum Gasteiger partial charge on any atom is 0.127 e. The number of nitrogens with one attached hydrogen (secondary N) is 1. The minimum Gasteiger partial charge on any atom is -0.493 e. The summed E-state index contributed by atoms with van der Waals surface area (Å²) in [6.07, 6.45) is 3.48. The summed E-state index contributed by atoms with van der Waals surface area (Å²) >= 11 is 3.62. The van der Waals surface area contributed by atoms with Crippen LogP contribution in [-0.2, 0) is 6.42 Å². The van der Waals surface area contributed by atoms with Gasteiger partial charge in [0.25, 0.3) is 0 Å². The van der Waals surface area contributed by atoms with Gasteiger partial charge in [0.1, 0.15) is 5.75 Å². The second-order valence-corrected chi connectivity index (χ2v) is 6.03. The summed E-state index contributed by atoms with van der Waals surface area (Å²) < 4.78 is 6.99. The molecule has 3 heteroatoms. The number of hydrogen-bond acceptors (Lipinski definition) is 2. The van der Waals surface area contributed by atoms with Crippen LogP contribution in [0.4, 0.5) is 0 Å². The molecule has 0 spiro atoms. The molecule has 2 atom stereocenters. The lowest BCUT2D eigenvalue weighted by molar-refractivity contribution is 0.332. The highest BCUT2D eigenvalue weighted by atomic mass is 79.9. The summed E-state index contributed by atoms with van der Waals surface area (Å²) in [6.45, 7) is 5.37. The van der Waals surface area contributed by atoms with E-state index in [2.05, 4.69) is 47.2 Å². The molecule has 0 bridgehead atoms. The first-order chi connectivity index (χ1) is 8.67. The summed E-state index contributed by atoms with van der Waals surface area (Å²) in [5.41, 5.74) is 2.64. The average Bonchev–Trinajstić information content (AvgIpc) is 2.78. The third kappa shape index (κ3) is 2.72. The number of halogens is 1. The normalized spacial score (nSPS) is 17.1. The Bertz CT molecular complexity index is 419. The number of benzene rings is 1. The quantitative estimate of drug-likeness (QED) is 0.884. The second-order valence-electron chi connectivity index (χ2n) is 5.11. The zero-order valence-corrected chi connectivity index (χ0v) is 13.0. The Morgan fingerprint density at radius 2 is 2.22 bits per heavy atom. The van der Waals surface area contributed by atoms with Crippen molar-refractivity contribution in [2.24, 2.45) is 5.92 Å². The lowest BCUT2D eigenvalue weighted by Crippen LogP contribution is -2.24. The molecule has 1 heterocycles. The Labute approximate surface area is 118 Å². The molecule has 0 aromatic heterocycles. The van der Waals surface area contributed by atoms with E-state index in [0.29, 0.717) is 12.0 Å². The van der Waals surface area contributed by atoms with Gasteiger partial charge in [-0.1, -0.05) is 36.2 Å². The first kappa shape index (κ1) is 13.9. The van der Waals surface area contributed by atoms with Crippen LogP contribution in [0.5, 0.6) is 5.75 Å². The first-order valence-electron chi connectivity index (χ1n) is 6.79. The van der Waals surface area contributed by atoms with Gasteiger partial charge in [-0.25, -0.2) is 0 Å². The van der Waals surface area contributed by atoms with Crippen molar-refractivity contribution in [2.75, 3.05) is 13.7 Å². The van der Waals surface area contributed by atoms with E-state index in [-0.39, 0.29) is 0 Å². The highest BCUT2D eigenvalue weighted by Gasteiger charge is 2.25. The van der Waals surface area contributed by atoms with Crippen LogP contribution in [0.3, 0.4) is 0 Å². The predicted molar refractivity (Wildman–Crippen MR) is 79.2 cm³/mol. The number of rotatable bonds is 5. The lowest BCUT2D eigenvalue weighted by Gasteiger charge is -2.25. The van der Waals surface area contributed by atoms with E-state index < -0.39 is 0 Å². The molecule has 2 nitrogen and oxygen atoms in total. The molecule has 1 aromatic carbocycles. The Balaban J connectivity index is 2.36. The first-order valence-corrected chi connectivity index (χ1v) is 7.59. The fourth-order valence-corrected chi connectivity index (χ4v) is 3.42. The van der Waals surface area contributed by atoms with Gasteiger partial charge in [0.15, 0.2) is 0 Å². The van der Waals surface area contributed by atoms with E-state index in [1.54, 1.807) is 0 Å². The van der Waals surface area contributed by atoms with Crippen LogP contribution in [0, 0.1) is 5.92 Å². The van der Waals surface area contributed by atoms with Gasteiger partial charge in [-0.3, -0.25) is 0 Å². The van der Waals surface area contributed by atoms with Crippen molar-refractivity contribution >= 4 is 15.9 Å². The second kappa shape index (κ2) is 6.07. The molecule has 0 saturated heterocycles. The Hall–Kier alpha value is -0.540. The minimum atomic E-state index is 0.370. The molecule has 1 aliphatic rings. The molecule has 2 rings (SSSR count). The lowest BCUT2D eigenvalue weighted by atomic mass is 9.89. The van der Waals surface area contributed by atoms with Crippen LogP contribution >= 0.6 is 15.9 Å². The zero-order valence-electron chi connectivity index (χ0n) is 11.4. The summed E-state index contributed by atoms with van der Waals surface area (Å²) in [4.78, 5) is 0. The van der Waals surface area contributed by atoms with Crippen LogP contribution in [0.2, 0.25) is 0 Å². The smallest absolute Gasteiger partial charge is 0.127 e. The molecule has 100 valence electrons. The van der Waals surface area contributed by atoms with Gasteiger partial charge in [-0.15, -0.1) is 0 Å². The molecule has 1 N–H and O–H groups in total. The van der Waals surface area contributed by atoms with Gasteiger partial charge >= 0.3 is 0 Å². The van der Waals surface area contributed by atoms with Crippen molar-refractivity contribution in [2.45, 2.75) is 39.2 Å². The standard InChI is InChI=1S/C15H22BrNO/c1-4-5-10(2)14(17-3)13-9-12(16)8-11-6-7-18-15(11)13/h8-10,14,17H,4-7H2,1-3H3. The average molecular weight is 312 g/mol. The van der Waals surface area contributed by atoms with Gasteiger partial charge in [0, 0.05) is 22.5 Å². The van der Waals surface area contributed by atoms with E-state index in [9.17, 15) is 0 Å². The highest BCUT2D eigenvalue weighted by Crippen LogP contribution is 2.39. The molecule has 0 amide bonds. The number of fused-ring (bicyclic) bond motifs is 1. The van der Waals surface area contributed by atoms with Gasteiger partial charge in [-0.05, 0) is 37.1 Å². The van der Waals surface area contributed by atoms with Crippen molar-refractivity contribution in [3.63, 3.8) is 0 Å². The fourth-order valence-electron chi connectivity index (χ4n) is 2.90. The van der Waals surface area contributed by atoms with Crippen LogP contribution < -0.4 is 10.1 Å². The molecular weight excluding hydrogens is 290 g/mol. The van der Waals surface area contributed by atoms with E-state index in [1.165, 1.54) is 24.0 Å². The number of hydrogen-bond donors (Lipinski definition) is 1. The predicted octanol–water partition coefficient (Wildman–Crippen LogP) is 4.08. The molecule has 0 fully saturated rings. The minimum absolute atomic E-state index is 0.370. The van der Waals surface area contributed by atoms with Crippen LogP contribution in [0.15, 0.2) is 16.6 Å². The van der Waals surface area contributed by atoms with Crippen molar-refractivity contribution in [1.82, 2.24) is 5.32 Å². The van der Waals surface area contributed by atoms with Crippen molar-refractivity contribution in [1.29, 1.82) is 0 Å². The number of ether oxygens (including phenoxy) is 1. The Morgan fingerprint density at radius 1 is 1.44 bits per heavy atom. The Kier molecular flexibility index (Phi) is 4.68. The van der Waals surface area contributed by atoms with Crippen molar-refractivity contribution < 1.29 is 4.74 Å². The van der Waals surface area contributed by atoms with Crippen LogP contribution in [-0.4, -0.2) is 13.7 Å². The summed E-state index contributed by atoms with van der Waals surface area (Å²) in [5.74, 6) is 1.73. The van der Waals surface area contributed by atoms with Crippen LogP contribution in [0.1, 0.15) is 43.9 Å². The zero-order chi connectivity index (χ0) is 13.1. The Morgan fingerprint density at radius 3 is 2.89 bits per heavy atom. The maximum absolute atomic E-state index is 5.83. The summed E-state index contributed by atoms with van der Waals surface area (Å²) in [5, 5.41) is 3.46. The van der Waals surface area contributed by atoms with Crippen LogP contribution in [0.25, 0.3) is 0 Å². The topological polar surface area (TPSA) is 21.3 Å². The molecule has 0 radical (unpaired) electrons. The van der Waals surface area contributed by atoms with Gasteiger partial charge in [0.2, 0.25) is 0 Å². The van der Waals surface area contributed by atoms with E-state index in [0.717, 1.165) is 23.2 Å².